The lowest BCUT2D eigenvalue weighted by Crippen LogP contribution is -2.46. The molecule has 0 aliphatic carbocycles. The highest BCUT2D eigenvalue weighted by Crippen LogP contribution is 2.25. The zero-order chi connectivity index (χ0) is 26.3. The molecule has 9 heteroatoms. The number of primary amides is 1. The first-order valence-corrected chi connectivity index (χ1v) is 11.3. The molecule has 0 saturated heterocycles. The number of carbonyl (C=O) groups excluding carboxylic acids is 3. The highest BCUT2D eigenvalue weighted by Gasteiger charge is 2.26. The molecule has 0 aliphatic rings. The number of halogens is 1. The van der Waals surface area contributed by atoms with Gasteiger partial charge in [0.1, 0.15) is 29.0 Å². The van der Waals surface area contributed by atoms with E-state index in [-0.39, 0.29) is 18.7 Å². The van der Waals surface area contributed by atoms with E-state index in [9.17, 15) is 18.8 Å². The third kappa shape index (κ3) is 8.19. The Morgan fingerprint density at radius 2 is 1.58 bits per heavy atom. The largest absolute Gasteiger partial charge is 0.457 e. The minimum atomic E-state index is -1.13. The number of benzene rings is 2. The summed E-state index contributed by atoms with van der Waals surface area (Å²) in [5.74, 6) is -0.419. The van der Waals surface area contributed by atoms with E-state index < -0.39 is 29.4 Å². The van der Waals surface area contributed by atoms with Gasteiger partial charge in [-0.1, -0.05) is 6.07 Å². The minimum Gasteiger partial charge on any atom is -0.457 e. The standard InChI is InChI=1S/C27H28FN3O5/c1-27(2,3)36-26(34)31-23(16-25(29)33)24(32)15-19-5-4-6-22(30-19)17-7-11-20(12-8-17)35-21-13-9-18(28)10-14-21/h4-14,23H,15-16H2,1-3H3,(H2,29,33)(H,31,34)/t23-/m0/s1. The highest BCUT2D eigenvalue weighted by molar-refractivity contribution is 5.92. The third-order valence-electron chi connectivity index (χ3n) is 4.85. The fraction of sp³-hybridized carbons (Fsp3) is 0.259. The molecule has 3 aromatic rings. The summed E-state index contributed by atoms with van der Waals surface area (Å²) in [6, 6.07) is 16.9. The average Bonchev–Trinajstić information content (AvgIpc) is 2.79. The number of pyridine rings is 1. The smallest absolute Gasteiger partial charge is 0.408 e. The molecule has 0 aliphatic heterocycles. The number of nitrogens with zero attached hydrogens (tertiary/aromatic N) is 1. The van der Waals surface area contributed by atoms with Crippen LogP contribution in [0.1, 0.15) is 32.9 Å². The molecule has 0 saturated carbocycles. The quantitative estimate of drug-likeness (QED) is 0.451. The van der Waals surface area contributed by atoms with Gasteiger partial charge < -0.3 is 20.5 Å². The number of nitrogens with one attached hydrogen (secondary N) is 1. The van der Waals surface area contributed by atoms with Crippen molar-refractivity contribution >= 4 is 17.8 Å². The Bertz CT molecular complexity index is 1220. The number of hydrogen-bond donors (Lipinski definition) is 2. The SMILES string of the molecule is CC(C)(C)OC(=O)N[C@@H](CC(N)=O)C(=O)Cc1cccc(-c2ccc(Oc3ccc(F)cc3)cc2)n1. The van der Waals surface area contributed by atoms with Crippen LogP contribution in [0.5, 0.6) is 11.5 Å². The number of rotatable bonds is 9. The number of ether oxygens (including phenoxy) is 2. The summed E-state index contributed by atoms with van der Waals surface area (Å²) in [7, 11) is 0. The summed E-state index contributed by atoms with van der Waals surface area (Å²) in [6.07, 6.45) is -1.28. The fourth-order valence-electron chi connectivity index (χ4n) is 3.27. The van der Waals surface area contributed by atoms with Crippen LogP contribution in [0.4, 0.5) is 9.18 Å². The zero-order valence-corrected chi connectivity index (χ0v) is 20.3. The van der Waals surface area contributed by atoms with Gasteiger partial charge in [-0.3, -0.25) is 14.6 Å². The minimum absolute atomic E-state index is 0.118. The summed E-state index contributed by atoms with van der Waals surface area (Å²) in [4.78, 5) is 41.0. The van der Waals surface area contributed by atoms with Gasteiger partial charge in [-0.2, -0.15) is 0 Å². The number of Topliss-reactive ketones (excluding diaryl/α,β-unsaturated/α-hetero) is 1. The van der Waals surface area contributed by atoms with E-state index in [1.54, 1.807) is 51.1 Å². The van der Waals surface area contributed by atoms with Crippen molar-refractivity contribution in [2.45, 2.75) is 45.3 Å². The van der Waals surface area contributed by atoms with Crippen molar-refractivity contribution in [2.75, 3.05) is 0 Å². The van der Waals surface area contributed by atoms with Gasteiger partial charge in [0, 0.05) is 11.3 Å². The molecule has 0 unspecified atom stereocenters. The van der Waals surface area contributed by atoms with Crippen LogP contribution in [-0.2, 0) is 20.7 Å². The molecule has 3 rings (SSSR count). The molecule has 1 atom stereocenters. The van der Waals surface area contributed by atoms with Crippen molar-refractivity contribution in [1.82, 2.24) is 10.3 Å². The number of carbonyl (C=O) groups is 3. The zero-order valence-electron chi connectivity index (χ0n) is 20.3. The van der Waals surface area contributed by atoms with Crippen LogP contribution < -0.4 is 15.8 Å². The molecule has 0 bridgehead atoms. The third-order valence-corrected chi connectivity index (χ3v) is 4.85. The van der Waals surface area contributed by atoms with Crippen molar-refractivity contribution in [2.24, 2.45) is 5.73 Å². The molecular formula is C27H28FN3O5. The summed E-state index contributed by atoms with van der Waals surface area (Å²) < 4.78 is 24.0. The lowest BCUT2D eigenvalue weighted by Gasteiger charge is -2.22. The Labute approximate surface area is 208 Å². The van der Waals surface area contributed by atoms with Gasteiger partial charge in [-0.05, 0) is 81.4 Å². The van der Waals surface area contributed by atoms with Gasteiger partial charge in [0.15, 0.2) is 5.78 Å². The van der Waals surface area contributed by atoms with Gasteiger partial charge in [0.2, 0.25) is 5.91 Å². The van der Waals surface area contributed by atoms with Crippen LogP contribution in [0.25, 0.3) is 11.3 Å². The van der Waals surface area contributed by atoms with E-state index in [1.165, 1.54) is 24.3 Å². The first-order chi connectivity index (χ1) is 17.0. The number of aromatic nitrogens is 1. The van der Waals surface area contributed by atoms with E-state index >= 15 is 0 Å². The van der Waals surface area contributed by atoms with Gasteiger partial charge in [-0.15, -0.1) is 0 Å². The van der Waals surface area contributed by atoms with Crippen LogP contribution in [0, 0.1) is 5.82 Å². The number of hydrogen-bond acceptors (Lipinski definition) is 6. The summed E-state index contributed by atoms with van der Waals surface area (Å²) in [5.41, 5.74) is 6.38. The maximum atomic E-state index is 13.1. The van der Waals surface area contributed by atoms with Crippen molar-refractivity contribution in [3.63, 3.8) is 0 Å². The lowest BCUT2D eigenvalue weighted by atomic mass is 10.0. The van der Waals surface area contributed by atoms with Gasteiger partial charge in [-0.25, -0.2) is 9.18 Å². The molecule has 3 N–H and O–H groups in total. The predicted molar refractivity (Wildman–Crippen MR) is 132 cm³/mol. The molecular weight excluding hydrogens is 465 g/mol. The van der Waals surface area contributed by atoms with E-state index in [0.29, 0.717) is 22.9 Å². The fourth-order valence-corrected chi connectivity index (χ4v) is 3.27. The van der Waals surface area contributed by atoms with Crippen LogP contribution in [-0.4, -0.2) is 34.4 Å². The van der Waals surface area contributed by atoms with Gasteiger partial charge in [0.25, 0.3) is 0 Å². The second-order valence-electron chi connectivity index (χ2n) is 9.11. The number of amides is 2. The van der Waals surface area contributed by atoms with E-state index in [1.807, 2.05) is 12.1 Å². The maximum Gasteiger partial charge on any atom is 0.408 e. The molecule has 8 nitrogen and oxygen atoms in total. The molecule has 1 aromatic heterocycles. The van der Waals surface area contributed by atoms with Crippen LogP contribution in [0.2, 0.25) is 0 Å². The number of ketones is 1. The molecule has 2 amide bonds. The van der Waals surface area contributed by atoms with E-state index in [2.05, 4.69) is 10.3 Å². The van der Waals surface area contributed by atoms with E-state index in [4.69, 9.17) is 15.2 Å². The first kappa shape index (κ1) is 26.3. The normalized spacial score (nSPS) is 11.9. The molecule has 0 spiro atoms. The average molecular weight is 494 g/mol. The second kappa shape index (κ2) is 11.4. The molecule has 1 heterocycles. The van der Waals surface area contributed by atoms with Crippen molar-refractivity contribution < 1.29 is 28.2 Å². The maximum absolute atomic E-state index is 13.1. The van der Waals surface area contributed by atoms with E-state index in [0.717, 1.165) is 5.56 Å². The summed E-state index contributed by atoms with van der Waals surface area (Å²) >= 11 is 0. The molecule has 0 fully saturated rings. The Hall–Kier alpha value is -4.27. The molecule has 2 aromatic carbocycles. The highest BCUT2D eigenvalue weighted by atomic mass is 19.1. The molecule has 188 valence electrons. The topological polar surface area (TPSA) is 121 Å². The molecule has 0 radical (unpaired) electrons. The monoisotopic (exact) mass is 493 g/mol. The Balaban J connectivity index is 1.69. The van der Waals surface area contributed by atoms with Crippen molar-refractivity contribution in [3.05, 3.63) is 78.2 Å². The van der Waals surface area contributed by atoms with Gasteiger partial charge >= 0.3 is 6.09 Å². The van der Waals surface area contributed by atoms with Crippen LogP contribution in [0.15, 0.2) is 66.7 Å². The number of alkyl carbamates (subject to hydrolysis) is 1. The first-order valence-electron chi connectivity index (χ1n) is 11.3. The van der Waals surface area contributed by atoms with Crippen LogP contribution >= 0.6 is 0 Å². The summed E-state index contributed by atoms with van der Waals surface area (Å²) in [5, 5.41) is 2.43. The van der Waals surface area contributed by atoms with Crippen molar-refractivity contribution in [3.8, 4) is 22.8 Å². The number of nitrogens with two attached hydrogens (primary N) is 1. The lowest BCUT2D eigenvalue weighted by molar-refractivity contribution is -0.125. The molecule has 36 heavy (non-hydrogen) atoms. The Morgan fingerprint density at radius 1 is 0.972 bits per heavy atom. The Morgan fingerprint density at radius 3 is 2.17 bits per heavy atom. The second-order valence-corrected chi connectivity index (χ2v) is 9.11. The van der Waals surface area contributed by atoms with Crippen molar-refractivity contribution in [1.29, 1.82) is 0 Å². The summed E-state index contributed by atoms with van der Waals surface area (Å²) in [6.45, 7) is 5.07. The Kier molecular flexibility index (Phi) is 8.37. The van der Waals surface area contributed by atoms with Crippen LogP contribution in [0.3, 0.4) is 0 Å². The van der Waals surface area contributed by atoms with Gasteiger partial charge in [0.05, 0.1) is 18.5 Å². The predicted octanol–water partition coefficient (Wildman–Crippen LogP) is 4.56.